The normalized spacial score (nSPS) is 16.6. The minimum Gasteiger partial charge on any atom is -0.310 e. The maximum absolute atomic E-state index is 2.59. The Morgan fingerprint density at radius 2 is 1.06 bits per heavy atom. The molecule has 0 saturated heterocycles. The number of rotatable bonds is 6. The first-order chi connectivity index (χ1) is 35.7. The first-order valence-corrected chi connectivity index (χ1v) is 26.1. The lowest BCUT2D eigenvalue weighted by Crippen LogP contribution is -2.14. The van der Waals surface area contributed by atoms with Crippen molar-refractivity contribution in [1.82, 2.24) is 9.13 Å². The molecule has 2 heteroatoms. The lowest BCUT2D eigenvalue weighted by molar-refractivity contribution is 0.571. The molecule has 0 saturated carbocycles. The first-order valence-electron chi connectivity index (χ1n) is 26.1. The fourth-order valence-corrected chi connectivity index (χ4v) is 13.2. The molecule has 11 aromatic rings. The fourth-order valence-electron chi connectivity index (χ4n) is 13.2. The summed E-state index contributed by atoms with van der Waals surface area (Å²) < 4.78 is 5.06. The predicted octanol–water partition coefficient (Wildman–Crippen LogP) is 18.8. The number of hydrogen-bond donors (Lipinski definition) is 0. The van der Waals surface area contributed by atoms with Crippen molar-refractivity contribution in [2.24, 2.45) is 5.92 Å². The molecule has 0 amide bonds. The molecule has 0 N–H and O–H groups in total. The highest BCUT2D eigenvalue weighted by molar-refractivity contribution is 6.22. The fraction of sp³-hybridized carbons (Fsp3) is 0.114. The van der Waals surface area contributed by atoms with Gasteiger partial charge in [0.25, 0.3) is 0 Å². The quantitative estimate of drug-likeness (QED) is 0.147. The molecule has 0 bridgehead atoms. The molecule has 9 aromatic carbocycles. The molecule has 342 valence electrons. The van der Waals surface area contributed by atoms with Crippen LogP contribution in [0.3, 0.4) is 0 Å². The van der Waals surface area contributed by atoms with Crippen LogP contribution < -0.4 is 0 Å². The van der Waals surface area contributed by atoms with Gasteiger partial charge in [0.1, 0.15) is 0 Å². The van der Waals surface area contributed by atoms with Crippen molar-refractivity contribution in [3.05, 3.63) is 252 Å². The Hall–Kier alpha value is -8.46. The molecular formula is C70H52N2. The van der Waals surface area contributed by atoms with E-state index in [1.54, 1.807) is 0 Å². The number of nitrogens with zero attached hydrogens (tertiary/aromatic N) is 2. The molecule has 72 heavy (non-hydrogen) atoms. The summed E-state index contributed by atoms with van der Waals surface area (Å²) in [6.07, 6.45) is 26.7. The van der Waals surface area contributed by atoms with Gasteiger partial charge < -0.3 is 9.13 Å². The van der Waals surface area contributed by atoms with Crippen LogP contribution in [0.5, 0.6) is 0 Å². The average molecular weight is 921 g/mol. The third-order valence-corrected chi connectivity index (χ3v) is 16.5. The van der Waals surface area contributed by atoms with Gasteiger partial charge in [-0.2, -0.15) is 0 Å². The van der Waals surface area contributed by atoms with Gasteiger partial charge in [-0.05, 0) is 200 Å². The first kappa shape index (κ1) is 41.3. The lowest BCUT2D eigenvalue weighted by Gasteiger charge is -2.32. The molecule has 0 fully saturated rings. The third-order valence-electron chi connectivity index (χ3n) is 16.5. The highest BCUT2D eigenvalue weighted by Crippen LogP contribution is 2.52. The Balaban J connectivity index is 1.14. The molecule has 1 unspecified atom stereocenters. The largest absolute Gasteiger partial charge is 0.310 e. The van der Waals surface area contributed by atoms with Gasteiger partial charge in [0.05, 0.1) is 16.6 Å². The van der Waals surface area contributed by atoms with Crippen LogP contribution in [0.25, 0.3) is 110 Å². The zero-order valence-electron chi connectivity index (χ0n) is 40.3. The highest BCUT2D eigenvalue weighted by Gasteiger charge is 2.30. The Kier molecular flexibility index (Phi) is 9.52. The van der Waals surface area contributed by atoms with Crippen molar-refractivity contribution >= 4 is 76.7 Å². The molecule has 0 spiro atoms. The van der Waals surface area contributed by atoms with E-state index in [9.17, 15) is 0 Å². The predicted molar refractivity (Wildman–Crippen MR) is 306 cm³/mol. The number of aryl methyl sites for hydroxylation is 1. The number of para-hydroxylation sites is 3. The zero-order valence-corrected chi connectivity index (χ0v) is 40.3. The summed E-state index contributed by atoms with van der Waals surface area (Å²) in [5, 5.41) is 11.5. The van der Waals surface area contributed by atoms with Crippen molar-refractivity contribution in [2.75, 3.05) is 0 Å². The number of aromatic nitrogens is 2. The number of benzene rings is 9. The maximum Gasteiger partial charge on any atom is 0.0541 e. The topological polar surface area (TPSA) is 9.86 Å². The Bertz CT molecular complexity index is 4230. The van der Waals surface area contributed by atoms with Crippen LogP contribution in [-0.4, -0.2) is 9.13 Å². The Morgan fingerprint density at radius 1 is 0.444 bits per heavy atom. The number of hydrogen-bond acceptors (Lipinski definition) is 0. The van der Waals surface area contributed by atoms with E-state index < -0.39 is 0 Å². The number of fused-ring (bicyclic) bond motifs is 10. The molecule has 2 aromatic heterocycles. The van der Waals surface area contributed by atoms with Gasteiger partial charge in [0.15, 0.2) is 0 Å². The monoisotopic (exact) mass is 920 g/mol. The zero-order chi connectivity index (χ0) is 47.3. The smallest absolute Gasteiger partial charge is 0.0541 e. The molecule has 2 nitrogen and oxygen atoms in total. The summed E-state index contributed by atoms with van der Waals surface area (Å²) in [4.78, 5) is 0. The summed E-state index contributed by atoms with van der Waals surface area (Å²) in [5.41, 5.74) is 21.0. The molecule has 1 atom stereocenters. The summed E-state index contributed by atoms with van der Waals surface area (Å²) in [5.74, 6) is 0.466. The van der Waals surface area contributed by atoms with Crippen molar-refractivity contribution in [3.63, 3.8) is 0 Å². The van der Waals surface area contributed by atoms with Crippen molar-refractivity contribution in [2.45, 2.75) is 44.9 Å². The van der Waals surface area contributed by atoms with Crippen LogP contribution in [0, 0.1) is 5.92 Å². The maximum atomic E-state index is 2.59. The van der Waals surface area contributed by atoms with Gasteiger partial charge in [0, 0.05) is 33.2 Å². The van der Waals surface area contributed by atoms with Crippen LogP contribution in [0.4, 0.5) is 0 Å². The van der Waals surface area contributed by atoms with Crippen LogP contribution in [-0.2, 0) is 6.42 Å². The summed E-state index contributed by atoms with van der Waals surface area (Å²) in [7, 11) is 0. The Labute approximate surface area is 420 Å². The van der Waals surface area contributed by atoms with Crippen LogP contribution >= 0.6 is 0 Å². The summed E-state index contributed by atoms with van der Waals surface area (Å²) >= 11 is 0. The van der Waals surface area contributed by atoms with Gasteiger partial charge in [-0.1, -0.05) is 164 Å². The van der Waals surface area contributed by atoms with Crippen molar-refractivity contribution in [3.8, 4) is 33.6 Å². The lowest BCUT2D eigenvalue weighted by atomic mass is 9.72. The minimum atomic E-state index is 0.466. The van der Waals surface area contributed by atoms with Crippen molar-refractivity contribution in [1.29, 1.82) is 0 Å². The third kappa shape index (κ3) is 6.41. The van der Waals surface area contributed by atoms with E-state index in [-0.39, 0.29) is 0 Å². The number of allylic oxidation sites excluding steroid dienone is 11. The van der Waals surface area contributed by atoms with E-state index in [1.165, 1.54) is 144 Å². The standard InChI is InChI=1S/C70H52N2/c1-3-19-45(20-4-1)59-39-47-23-7-9-25-49(47)41-61(59)69-57-37-35-52(72-67-33-17-13-29-55(67)56-30-14-18-34-68(56)72)44-64(57)70(62-42-50-26-10-8-24-48(50)40-60(62)46-21-5-2-6-22-46)58-38-36-51(43-63(58)69)71-65-31-15-11-27-53(65)54-28-12-16-32-66(54)71/h1-5,7-9,11,13-21,23-25,27,29-41,43-44,50H,6,10,12,22,26,28,42H2. The summed E-state index contributed by atoms with van der Waals surface area (Å²) in [6.45, 7) is 0. The average Bonchev–Trinajstić information content (AvgIpc) is 3.97. The molecule has 15 rings (SSSR count). The molecule has 0 aliphatic heterocycles. The Morgan fingerprint density at radius 3 is 1.79 bits per heavy atom. The van der Waals surface area contributed by atoms with Crippen molar-refractivity contribution < 1.29 is 0 Å². The molecule has 4 aliphatic carbocycles. The van der Waals surface area contributed by atoms with E-state index in [4.69, 9.17) is 0 Å². The second-order valence-electron chi connectivity index (χ2n) is 20.4. The summed E-state index contributed by atoms with van der Waals surface area (Å²) in [6, 6.07) is 66.8. The van der Waals surface area contributed by atoms with Gasteiger partial charge in [0.2, 0.25) is 0 Å². The highest BCUT2D eigenvalue weighted by atomic mass is 15.0. The van der Waals surface area contributed by atoms with E-state index in [0.717, 1.165) is 38.5 Å². The van der Waals surface area contributed by atoms with Gasteiger partial charge in [-0.25, -0.2) is 0 Å². The van der Waals surface area contributed by atoms with Gasteiger partial charge in [-0.15, -0.1) is 0 Å². The van der Waals surface area contributed by atoms with E-state index in [1.807, 2.05) is 0 Å². The second-order valence-corrected chi connectivity index (χ2v) is 20.4. The molecule has 2 heterocycles. The van der Waals surface area contributed by atoms with Crippen LogP contribution in [0.1, 0.15) is 55.3 Å². The molecular weight excluding hydrogens is 869 g/mol. The van der Waals surface area contributed by atoms with E-state index in [2.05, 4.69) is 234 Å². The SMILES string of the molecule is C1=CCCC(C2=C(c3c4cc(-n5c6ccccc6c6ccccc65)ccc4c(-c4cc5ccccc5cc4-c4ccccc4)c4cc(-n5c6c(c7ccccc75)CCC=C6)ccc34)CC3CCC=CC3=C2)=C1. The van der Waals surface area contributed by atoms with Gasteiger partial charge in [-0.3, -0.25) is 0 Å². The van der Waals surface area contributed by atoms with Gasteiger partial charge >= 0.3 is 0 Å². The van der Waals surface area contributed by atoms with Crippen LogP contribution in [0.2, 0.25) is 0 Å². The second kappa shape index (κ2) is 16.6. The van der Waals surface area contributed by atoms with E-state index in [0.29, 0.717) is 5.92 Å². The molecule has 0 radical (unpaired) electrons. The molecule has 4 aliphatic rings. The minimum absolute atomic E-state index is 0.466. The van der Waals surface area contributed by atoms with Crippen LogP contribution in [0.15, 0.2) is 235 Å². The van der Waals surface area contributed by atoms with E-state index >= 15 is 0 Å².